The van der Waals surface area contributed by atoms with Crippen molar-refractivity contribution >= 4 is 17.4 Å². The van der Waals surface area contributed by atoms with Gasteiger partial charge in [-0.25, -0.2) is 4.79 Å². The van der Waals surface area contributed by atoms with E-state index >= 15 is 0 Å². The summed E-state index contributed by atoms with van der Waals surface area (Å²) in [6.45, 7) is 3.30. The summed E-state index contributed by atoms with van der Waals surface area (Å²) < 4.78 is 0. The molecule has 0 saturated carbocycles. The van der Waals surface area contributed by atoms with Gasteiger partial charge >= 0.3 is 6.03 Å². The number of urea groups is 1. The zero-order valence-electron chi connectivity index (χ0n) is 14.2. The first-order chi connectivity index (χ1) is 11.9. The van der Waals surface area contributed by atoms with Gasteiger partial charge in [0.05, 0.1) is 22.2 Å². The molecule has 0 saturated heterocycles. The van der Waals surface area contributed by atoms with E-state index in [9.17, 15) is 20.0 Å². The largest absolute Gasteiger partial charge is 0.396 e. The van der Waals surface area contributed by atoms with Gasteiger partial charge in [-0.2, -0.15) is 0 Å². The highest BCUT2D eigenvalue weighted by Gasteiger charge is 2.19. The van der Waals surface area contributed by atoms with Crippen LogP contribution in [-0.4, -0.2) is 22.7 Å². The van der Waals surface area contributed by atoms with E-state index in [0.717, 1.165) is 11.1 Å². The summed E-state index contributed by atoms with van der Waals surface area (Å²) in [7, 11) is 0. The molecule has 0 aliphatic rings. The first-order valence-electron chi connectivity index (χ1n) is 7.92. The fraction of sp³-hybridized carbons (Fsp3) is 0.278. The van der Waals surface area contributed by atoms with Crippen LogP contribution in [0.3, 0.4) is 0 Å². The molecule has 0 unspecified atom stereocenters. The molecule has 2 amide bonds. The summed E-state index contributed by atoms with van der Waals surface area (Å²) in [5.41, 5.74) is 2.38. The summed E-state index contributed by atoms with van der Waals surface area (Å²) in [4.78, 5) is 23.0. The minimum absolute atomic E-state index is 0.0455. The Hall–Kier alpha value is -2.93. The Labute approximate surface area is 145 Å². The van der Waals surface area contributed by atoms with Gasteiger partial charge in [0, 0.05) is 12.7 Å². The zero-order chi connectivity index (χ0) is 18.4. The molecule has 132 valence electrons. The summed E-state index contributed by atoms with van der Waals surface area (Å²) in [6, 6.07) is 11.5. The van der Waals surface area contributed by atoms with Crippen LogP contribution in [0.4, 0.5) is 16.2 Å². The Morgan fingerprint density at radius 2 is 1.88 bits per heavy atom. The van der Waals surface area contributed by atoms with Crippen LogP contribution in [0.2, 0.25) is 0 Å². The van der Waals surface area contributed by atoms with Gasteiger partial charge < -0.3 is 15.7 Å². The van der Waals surface area contributed by atoms with Crippen LogP contribution in [-0.2, 0) is 0 Å². The number of nitrogens with zero attached hydrogens (tertiary/aromatic N) is 1. The Morgan fingerprint density at radius 1 is 1.20 bits per heavy atom. The predicted octanol–water partition coefficient (Wildman–Crippen LogP) is 3.46. The number of carbonyl (C=O) groups excluding carboxylic acids is 1. The molecule has 0 aliphatic carbocycles. The van der Waals surface area contributed by atoms with Gasteiger partial charge in [0.2, 0.25) is 0 Å². The number of nitro groups is 1. The topological polar surface area (TPSA) is 105 Å². The van der Waals surface area contributed by atoms with Crippen LogP contribution in [0.25, 0.3) is 0 Å². The van der Waals surface area contributed by atoms with E-state index in [-0.39, 0.29) is 18.3 Å². The van der Waals surface area contributed by atoms with Crippen LogP contribution in [0.5, 0.6) is 0 Å². The molecule has 25 heavy (non-hydrogen) atoms. The van der Waals surface area contributed by atoms with E-state index < -0.39 is 11.0 Å². The van der Waals surface area contributed by atoms with Crippen molar-refractivity contribution in [3.63, 3.8) is 0 Å². The third-order valence-corrected chi connectivity index (χ3v) is 4.01. The molecule has 2 aromatic carbocycles. The third-order valence-electron chi connectivity index (χ3n) is 4.01. The van der Waals surface area contributed by atoms with Gasteiger partial charge in [-0.05, 0) is 31.4 Å². The maximum absolute atomic E-state index is 12.4. The number of benzene rings is 2. The van der Waals surface area contributed by atoms with Gasteiger partial charge in [0.15, 0.2) is 0 Å². The Balaban J connectivity index is 2.19. The molecular weight excluding hydrogens is 322 g/mol. The van der Waals surface area contributed by atoms with Crippen molar-refractivity contribution in [3.05, 3.63) is 69.3 Å². The monoisotopic (exact) mass is 343 g/mol. The highest BCUT2D eigenvalue weighted by molar-refractivity contribution is 5.92. The van der Waals surface area contributed by atoms with Crippen molar-refractivity contribution in [1.29, 1.82) is 0 Å². The number of amides is 2. The zero-order valence-corrected chi connectivity index (χ0v) is 14.2. The second-order valence-corrected chi connectivity index (χ2v) is 5.73. The number of aryl methyl sites for hydroxylation is 1. The molecule has 0 aliphatic heterocycles. The molecule has 7 heteroatoms. The average molecular weight is 343 g/mol. The van der Waals surface area contributed by atoms with Crippen molar-refractivity contribution in [1.82, 2.24) is 5.32 Å². The third kappa shape index (κ3) is 4.54. The molecule has 0 radical (unpaired) electrons. The minimum Gasteiger partial charge on any atom is -0.396 e. The number of aliphatic hydroxyl groups excluding tert-OH is 1. The lowest BCUT2D eigenvalue weighted by Crippen LogP contribution is -2.33. The van der Waals surface area contributed by atoms with Gasteiger partial charge in [0.25, 0.3) is 5.69 Å². The summed E-state index contributed by atoms with van der Waals surface area (Å²) in [5.74, 6) is 0. The number of hydrogen-bond acceptors (Lipinski definition) is 4. The van der Waals surface area contributed by atoms with E-state index in [1.807, 2.05) is 30.3 Å². The first kappa shape index (κ1) is 18.4. The maximum atomic E-state index is 12.4. The van der Waals surface area contributed by atoms with Crippen molar-refractivity contribution in [2.24, 2.45) is 0 Å². The summed E-state index contributed by atoms with van der Waals surface area (Å²) >= 11 is 0. The second kappa shape index (κ2) is 8.25. The van der Waals surface area contributed by atoms with Crippen molar-refractivity contribution in [2.45, 2.75) is 26.3 Å². The number of aliphatic hydroxyl groups is 1. The van der Waals surface area contributed by atoms with E-state index in [1.54, 1.807) is 19.9 Å². The van der Waals surface area contributed by atoms with Gasteiger partial charge in [-0.15, -0.1) is 0 Å². The minimum atomic E-state index is -0.478. The van der Waals surface area contributed by atoms with E-state index in [1.165, 1.54) is 6.07 Å². The van der Waals surface area contributed by atoms with Crippen LogP contribution in [0, 0.1) is 24.0 Å². The molecule has 1 atom stereocenters. The van der Waals surface area contributed by atoms with Crippen LogP contribution in [0.1, 0.15) is 29.2 Å². The molecule has 0 bridgehead atoms. The fourth-order valence-corrected chi connectivity index (χ4v) is 2.67. The van der Waals surface area contributed by atoms with Crippen molar-refractivity contribution < 1.29 is 14.8 Å². The lowest BCUT2D eigenvalue weighted by Gasteiger charge is -2.20. The highest BCUT2D eigenvalue weighted by atomic mass is 16.6. The number of anilines is 1. The molecule has 0 heterocycles. The number of rotatable bonds is 6. The Morgan fingerprint density at radius 3 is 2.48 bits per heavy atom. The summed E-state index contributed by atoms with van der Waals surface area (Å²) in [5, 5.41) is 25.8. The van der Waals surface area contributed by atoms with E-state index in [0.29, 0.717) is 17.7 Å². The van der Waals surface area contributed by atoms with E-state index in [4.69, 9.17) is 0 Å². The summed E-state index contributed by atoms with van der Waals surface area (Å²) in [6.07, 6.45) is 0.365. The lowest BCUT2D eigenvalue weighted by atomic mass is 10.0. The normalized spacial score (nSPS) is 11.6. The van der Waals surface area contributed by atoms with Crippen LogP contribution < -0.4 is 10.6 Å². The quantitative estimate of drug-likeness (QED) is 0.552. The van der Waals surface area contributed by atoms with Crippen LogP contribution in [0.15, 0.2) is 42.5 Å². The molecule has 7 nitrogen and oxygen atoms in total. The maximum Gasteiger partial charge on any atom is 0.319 e. The number of carbonyl (C=O) groups is 1. The van der Waals surface area contributed by atoms with Gasteiger partial charge in [-0.1, -0.05) is 36.4 Å². The molecule has 3 N–H and O–H groups in total. The molecule has 0 fully saturated rings. The number of nitrogens with one attached hydrogen (secondary N) is 2. The smallest absolute Gasteiger partial charge is 0.319 e. The number of hydrogen-bond donors (Lipinski definition) is 3. The molecular formula is C18H21N3O4. The van der Waals surface area contributed by atoms with Crippen LogP contribution >= 0.6 is 0 Å². The molecule has 2 aromatic rings. The highest BCUT2D eigenvalue weighted by Crippen LogP contribution is 2.29. The van der Waals surface area contributed by atoms with Crippen molar-refractivity contribution in [2.75, 3.05) is 11.9 Å². The molecule has 2 rings (SSSR count). The fourth-order valence-electron chi connectivity index (χ4n) is 2.67. The number of nitro benzene ring substituents is 1. The second-order valence-electron chi connectivity index (χ2n) is 5.73. The van der Waals surface area contributed by atoms with E-state index in [2.05, 4.69) is 10.6 Å². The average Bonchev–Trinajstić information content (AvgIpc) is 2.58. The first-order valence-corrected chi connectivity index (χ1v) is 7.92. The lowest BCUT2D eigenvalue weighted by molar-refractivity contribution is -0.385. The Kier molecular flexibility index (Phi) is 6.08. The van der Waals surface area contributed by atoms with Crippen molar-refractivity contribution in [3.8, 4) is 0 Å². The molecule has 0 aromatic heterocycles. The van der Waals surface area contributed by atoms with Gasteiger partial charge in [0.1, 0.15) is 0 Å². The predicted molar refractivity (Wildman–Crippen MR) is 95.6 cm³/mol. The standard InChI is InChI=1S/C18H21N3O4/c1-12-8-9-16(21(24)25)13(2)17(12)20-18(23)19-15(10-11-22)14-6-4-3-5-7-14/h3-9,15,22H,10-11H2,1-2H3,(H2,19,20,23)/t15-/m1/s1. The Bertz CT molecular complexity index is 762. The SMILES string of the molecule is Cc1ccc([N+](=O)[O-])c(C)c1NC(=O)N[C@H](CCO)c1ccccc1. The van der Waals surface area contributed by atoms with Gasteiger partial charge in [-0.3, -0.25) is 10.1 Å². The molecule has 0 spiro atoms.